The first kappa shape index (κ1) is 14.5. The molecule has 2 nitrogen and oxygen atoms in total. The Hall–Kier alpha value is -0.600. The van der Waals surface area contributed by atoms with Crippen LogP contribution >= 0.6 is 23.2 Å². The average molecular weight is 276 g/mol. The maximum absolute atomic E-state index is 6.01. The van der Waals surface area contributed by atoms with Crippen LogP contribution in [0.4, 0.5) is 5.69 Å². The van der Waals surface area contributed by atoms with E-state index in [1.807, 2.05) is 0 Å². The van der Waals surface area contributed by atoms with Gasteiger partial charge in [0.25, 0.3) is 0 Å². The van der Waals surface area contributed by atoms with Gasteiger partial charge in [-0.15, -0.1) is 0 Å². The zero-order chi connectivity index (χ0) is 12.7. The van der Waals surface area contributed by atoms with Crippen molar-refractivity contribution < 1.29 is 4.74 Å². The molecule has 0 atom stereocenters. The van der Waals surface area contributed by atoms with Gasteiger partial charge in [0.2, 0.25) is 0 Å². The topological polar surface area (TPSA) is 35.2 Å². The second-order valence-corrected chi connectivity index (χ2v) is 4.91. The van der Waals surface area contributed by atoms with Gasteiger partial charge in [-0.2, -0.15) is 0 Å². The highest BCUT2D eigenvalue weighted by Gasteiger charge is 2.07. The normalized spacial score (nSPS) is 10.5. The Bertz CT molecular complexity index is 332. The molecule has 0 aliphatic carbocycles. The van der Waals surface area contributed by atoms with E-state index in [9.17, 15) is 0 Å². The number of ether oxygens (including phenoxy) is 1. The standard InChI is InChI=1S/C13H19Cl2NO/c1-2-3-4-5-6-7-17-13-11(15)8-10(14)9-12(13)16/h8-9H,2-7,16H2,1H3. The molecule has 17 heavy (non-hydrogen) atoms. The minimum atomic E-state index is 0.476. The minimum Gasteiger partial charge on any atom is -0.490 e. The summed E-state index contributed by atoms with van der Waals surface area (Å²) in [6.07, 6.45) is 5.99. The number of nitrogens with two attached hydrogens (primary N) is 1. The highest BCUT2D eigenvalue weighted by molar-refractivity contribution is 6.36. The Labute approximate surface area is 113 Å². The van der Waals surface area contributed by atoms with Gasteiger partial charge in [0, 0.05) is 5.02 Å². The van der Waals surface area contributed by atoms with Crippen LogP contribution in [-0.4, -0.2) is 6.61 Å². The summed E-state index contributed by atoms with van der Waals surface area (Å²) in [5.74, 6) is 0.548. The number of benzene rings is 1. The van der Waals surface area contributed by atoms with Crippen LogP contribution in [0.5, 0.6) is 5.75 Å². The molecule has 0 fully saturated rings. The van der Waals surface area contributed by atoms with Gasteiger partial charge >= 0.3 is 0 Å². The van der Waals surface area contributed by atoms with Crippen LogP contribution in [0.25, 0.3) is 0 Å². The summed E-state index contributed by atoms with van der Waals surface area (Å²) < 4.78 is 5.59. The van der Waals surface area contributed by atoms with E-state index in [0.29, 0.717) is 28.1 Å². The summed E-state index contributed by atoms with van der Waals surface area (Å²) in [4.78, 5) is 0. The number of unbranched alkanes of at least 4 members (excludes halogenated alkanes) is 4. The maximum atomic E-state index is 6.01. The van der Waals surface area contributed by atoms with Gasteiger partial charge < -0.3 is 10.5 Å². The van der Waals surface area contributed by atoms with E-state index in [-0.39, 0.29) is 0 Å². The van der Waals surface area contributed by atoms with E-state index in [0.717, 1.165) is 6.42 Å². The second-order valence-electron chi connectivity index (χ2n) is 4.07. The number of nitrogen functional groups attached to an aromatic ring is 1. The third-order valence-corrected chi connectivity index (χ3v) is 3.03. The molecule has 0 spiro atoms. The summed E-state index contributed by atoms with van der Waals surface area (Å²) in [6.45, 7) is 2.85. The van der Waals surface area contributed by atoms with Crippen LogP contribution in [0, 0.1) is 0 Å². The van der Waals surface area contributed by atoms with Crippen LogP contribution in [0.1, 0.15) is 39.0 Å². The fourth-order valence-corrected chi connectivity index (χ4v) is 2.18. The molecule has 0 saturated carbocycles. The van der Waals surface area contributed by atoms with Crippen LogP contribution in [0.2, 0.25) is 10.0 Å². The van der Waals surface area contributed by atoms with Crippen molar-refractivity contribution in [1.82, 2.24) is 0 Å². The van der Waals surface area contributed by atoms with E-state index in [1.54, 1.807) is 12.1 Å². The third kappa shape index (κ3) is 5.05. The molecule has 0 saturated heterocycles. The van der Waals surface area contributed by atoms with Crippen molar-refractivity contribution in [2.45, 2.75) is 39.0 Å². The van der Waals surface area contributed by atoms with Crippen molar-refractivity contribution in [3.63, 3.8) is 0 Å². The summed E-state index contributed by atoms with van der Waals surface area (Å²) in [5.41, 5.74) is 6.29. The summed E-state index contributed by atoms with van der Waals surface area (Å²) in [7, 11) is 0. The van der Waals surface area contributed by atoms with Crippen molar-refractivity contribution in [2.24, 2.45) is 0 Å². The van der Waals surface area contributed by atoms with Gasteiger partial charge in [-0.1, -0.05) is 55.8 Å². The first-order valence-corrected chi connectivity index (χ1v) is 6.78. The highest BCUT2D eigenvalue weighted by atomic mass is 35.5. The Morgan fingerprint density at radius 3 is 2.47 bits per heavy atom. The monoisotopic (exact) mass is 275 g/mol. The molecule has 1 aromatic rings. The number of rotatable bonds is 7. The SMILES string of the molecule is CCCCCCCOc1c(N)cc(Cl)cc1Cl. The molecule has 0 aliphatic heterocycles. The fourth-order valence-electron chi connectivity index (χ4n) is 1.61. The number of hydrogen-bond acceptors (Lipinski definition) is 2. The molecule has 1 rings (SSSR count). The molecule has 0 aromatic heterocycles. The van der Waals surface area contributed by atoms with Gasteiger partial charge in [-0.25, -0.2) is 0 Å². The van der Waals surface area contributed by atoms with Crippen molar-refractivity contribution in [3.8, 4) is 5.75 Å². The van der Waals surface area contributed by atoms with Crippen LogP contribution < -0.4 is 10.5 Å². The quantitative estimate of drug-likeness (QED) is 0.566. The van der Waals surface area contributed by atoms with E-state index in [2.05, 4.69) is 6.92 Å². The lowest BCUT2D eigenvalue weighted by Gasteiger charge is -2.11. The smallest absolute Gasteiger partial charge is 0.160 e. The third-order valence-electron chi connectivity index (χ3n) is 2.53. The molecule has 0 amide bonds. The minimum absolute atomic E-state index is 0.476. The molecule has 0 heterocycles. The predicted octanol–water partition coefficient (Wildman–Crippen LogP) is 4.92. The van der Waals surface area contributed by atoms with Crippen LogP contribution in [0.15, 0.2) is 12.1 Å². The Morgan fingerprint density at radius 1 is 1.12 bits per heavy atom. The van der Waals surface area contributed by atoms with Crippen molar-refractivity contribution >= 4 is 28.9 Å². The van der Waals surface area contributed by atoms with Crippen LogP contribution in [0.3, 0.4) is 0 Å². The number of halogens is 2. The summed E-state index contributed by atoms with van der Waals surface area (Å²) in [6, 6.07) is 3.30. The Kier molecular flexibility index (Phi) is 6.53. The molecule has 4 heteroatoms. The maximum Gasteiger partial charge on any atom is 0.160 e. The Morgan fingerprint density at radius 2 is 1.82 bits per heavy atom. The molecule has 2 N–H and O–H groups in total. The lowest BCUT2D eigenvalue weighted by atomic mass is 10.2. The molecule has 96 valence electrons. The fraction of sp³-hybridized carbons (Fsp3) is 0.538. The van der Waals surface area contributed by atoms with E-state index < -0.39 is 0 Å². The molecular formula is C13H19Cl2NO. The van der Waals surface area contributed by atoms with Gasteiger partial charge in [0.1, 0.15) is 0 Å². The molecule has 0 aliphatic rings. The Balaban J connectivity index is 2.36. The van der Waals surface area contributed by atoms with E-state index in [1.165, 1.54) is 25.7 Å². The average Bonchev–Trinajstić information content (AvgIpc) is 2.26. The van der Waals surface area contributed by atoms with Gasteiger partial charge in [0.05, 0.1) is 17.3 Å². The van der Waals surface area contributed by atoms with Gasteiger partial charge in [-0.05, 0) is 18.6 Å². The van der Waals surface area contributed by atoms with E-state index >= 15 is 0 Å². The lowest BCUT2D eigenvalue weighted by Crippen LogP contribution is -2.01. The first-order valence-electron chi connectivity index (χ1n) is 6.02. The lowest BCUT2D eigenvalue weighted by molar-refractivity contribution is 0.306. The second kappa shape index (κ2) is 7.67. The van der Waals surface area contributed by atoms with Crippen molar-refractivity contribution in [3.05, 3.63) is 22.2 Å². The molecule has 0 radical (unpaired) electrons. The molecule has 1 aromatic carbocycles. The van der Waals surface area contributed by atoms with Gasteiger partial charge in [0.15, 0.2) is 5.75 Å². The zero-order valence-corrected chi connectivity index (χ0v) is 11.7. The molecule has 0 bridgehead atoms. The first-order chi connectivity index (χ1) is 8.15. The number of anilines is 1. The largest absolute Gasteiger partial charge is 0.490 e. The molecular weight excluding hydrogens is 257 g/mol. The van der Waals surface area contributed by atoms with Crippen LogP contribution in [-0.2, 0) is 0 Å². The number of hydrogen-bond donors (Lipinski definition) is 1. The highest BCUT2D eigenvalue weighted by Crippen LogP contribution is 2.34. The van der Waals surface area contributed by atoms with Gasteiger partial charge in [-0.3, -0.25) is 0 Å². The van der Waals surface area contributed by atoms with Crippen molar-refractivity contribution in [1.29, 1.82) is 0 Å². The van der Waals surface area contributed by atoms with E-state index in [4.69, 9.17) is 33.7 Å². The van der Waals surface area contributed by atoms with Crippen molar-refractivity contribution in [2.75, 3.05) is 12.3 Å². The predicted molar refractivity (Wildman–Crippen MR) is 75.1 cm³/mol. The molecule has 0 unspecified atom stereocenters. The zero-order valence-electron chi connectivity index (χ0n) is 10.1. The summed E-state index contributed by atoms with van der Waals surface area (Å²) >= 11 is 11.8. The summed E-state index contributed by atoms with van der Waals surface area (Å²) in [5, 5.41) is 1.01.